The standard InChI is InChI=1S/C23H24Cl3FN4O3.C23H23Cl2FN4O3/c24-5-6-28-23(34)29-20(12-15-1-2-17(25)13-19(15)26)22(33)31-9-7-30(8-10-31)21-4-3-18(27)11-16(21)14-32;24-17-2-1-15(19(25)13-17)12-21(30-6-5-27-23(30)33)22(32)29-9-7-28(8-10-29)20-4-3-18(26)11-16(20)14-31/h1-4,11,13-14,20H,5-10,12H2,(H2,28,29,34);1-4,11,13-14,21H,5-10,12H2,(H,27,33)/t20-;21-/m11/s1. The zero-order valence-electron chi connectivity index (χ0n) is 36.0. The second-order valence-corrected chi connectivity index (χ2v) is 17.8. The second-order valence-electron chi connectivity index (χ2n) is 15.7. The second kappa shape index (κ2) is 24.1. The Morgan fingerprint density at radius 3 is 1.60 bits per heavy atom. The fraction of sp³-hybridized carbons (Fsp3) is 0.348. The molecule has 3 aliphatic rings. The maximum absolute atomic E-state index is 13.5. The predicted molar refractivity (Wildman–Crippen MR) is 256 cm³/mol. The maximum atomic E-state index is 13.5. The van der Waals surface area contributed by atoms with Gasteiger partial charge in [0.25, 0.3) is 0 Å². The van der Waals surface area contributed by atoms with Gasteiger partial charge in [-0.15, -0.1) is 11.6 Å². The van der Waals surface area contributed by atoms with Crippen molar-refractivity contribution in [1.29, 1.82) is 0 Å². The number of hydrogen-bond donors (Lipinski definition) is 3. The Balaban J connectivity index is 0.000000221. The number of anilines is 2. The molecule has 21 heteroatoms. The first-order valence-electron chi connectivity index (χ1n) is 21.3. The number of amides is 6. The molecule has 14 nitrogen and oxygen atoms in total. The van der Waals surface area contributed by atoms with Crippen LogP contribution in [0.25, 0.3) is 0 Å². The van der Waals surface area contributed by atoms with Crippen LogP contribution in [0.15, 0.2) is 72.8 Å². The largest absolute Gasteiger partial charge is 0.367 e. The number of hydrogen-bond acceptors (Lipinski definition) is 8. The highest BCUT2D eigenvalue weighted by molar-refractivity contribution is 6.35. The first-order valence-corrected chi connectivity index (χ1v) is 23.3. The summed E-state index contributed by atoms with van der Waals surface area (Å²) in [5.74, 6) is -1.14. The van der Waals surface area contributed by atoms with Crippen molar-refractivity contribution in [2.45, 2.75) is 24.9 Å². The number of halogens is 7. The van der Waals surface area contributed by atoms with Crippen LogP contribution >= 0.6 is 58.0 Å². The molecular formula is C46H47Cl5F2N8O6. The Bertz CT molecular complexity index is 2460. The van der Waals surface area contributed by atoms with Crippen molar-refractivity contribution in [3.05, 3.63) is 127 Å². The van der Waals surface area contributed by atoms with Crippen LogP contribution in [0, 0.1) is 11.6 Å². The average Bonchev–Trinajstić information content (AvgIpc) is 3.75. The molecule has 0 radical (unpaired) electrons. The molecule has 3 N–H and O–H groups in total. The highest BCUT2D eigenvalue weighted by Crippen LogP contribution is 2.28. The molecule has 3 aliphatic heterocycles. The van der Waals surface area contributed by atoms with E-state index in [1.807, 2.05) is 9.80 Å². The zero-order valence-corrected chi connectivity index (χ0v) is 39.7. The number of alkyl halides is 1. The highest BCUT2D eigenvalue weighted by atomic mass is 35.5. The summed E-state index contributed by atoms with van der Waals surface area (Å²) in [4.78, 5) is 83.1. The number of nitrogens with zero attached hydrogens (tertiary/aromatic N) is 5. The van der Waals surface area contributed by atoms with Crippen molar-refractivity contribution in [3.63, 3.8) is 0 Å². The van der Waals surface area contributed by atoms with E-state index in [0.717, 1.165) is 5.56 Å². The van der Waals surface area contributed by atoms with Crippen LogP contribution < -0.4 is 25.8 Å². The molecule has 4 aromatic carbocycles. The van der Waals surface area contributed by atoms with E-state index >= 15 is 0 Å². The van der Waals surface area contributed by atoms with Crippen LogP contribution in [0.4, 0.5) is 29.7 Å². The maximum Gasteiger partial charge on any atom is 0.318 e. The van der Waals surface area contributed by atoms with Gasteiger partial charge in [0, 0.05) is 133 Å². The van der Waals surface area contributed by atoms with E-state index in [9.17, 15) is 37.5 Å². The van der Waals surface area contributed by atoms with Crippen LogP contribution in [-0.2, 0) is 22.4 Å². The quantitative estimate of drug-likeness (QED) is 0.0905. The summed E-state index contributed by atoms with van der Waals surface area (Å²) < 4.78 is 27.0. The first kappa shape index (κ1) is 51.0. The number of carbonyl (C=O) groups excluding carboxylic acids is 6. The summed E-state index contributed by atoms with van der Waals surface area (Å²) in [5, 5.41) is 9.88. The summed E-state index contributed by atoms with van der Waals surface area (Å²) in [5.41, 5.74) is 3.20. The highest BCUT2D eigenvalue weighted by Gasteiger charge is 2.37. The molecule has 3 heterocycles. The molecule has 4 aromatic rings. The van der Waals surface area contributed by atoms with Gasteiger partial charge in [-0.1, -0.05) is 58.5 Å². The van der Waals surface area contributed by atoms with Crippen molar-refractivity contribution in [2.75, 3.05) is 87.7 Å². The Hall–Kier alpha value is -5.39. The lowest BCUT2D eigenvalue weighted by Gasteiger charge is -2.39. The van der Waals surface area contributed by atoms with E-state index in [2.05, 4.69) is 16.0 Å². The number of aldehydes is 2. The van der Waals surface area contributed by atoms with Crippen LogP contribution in [-0.4, -0.2) is 141 Å². The van der Waals surface area contributed by atoms with Gasteiger partial charge in [-0.25, -0.2) is 18.4 Å². The van der Waals surface area contributed by atoms with Gasteiger partial charge in [-0.05, 0) is 71.8 Å². The number of rotatable bonds is 14. The van der Waals surface area contributed by atoms with E-state index in [1.165, 1.54) is 24.3 Å². The van der Waals surface area contributed by atoms with Crippen molar-refractivity contribution < 1.29 is 37.5 Å². The summed E-state index contributed by atoms with van der Waals surface area (Å²) in [6.07, 6.45) is 1.70. The molecule has 0 aliphatic carbocycles. The Morgan fingerprint density at radius 1 is 0.657 bits per heavy atom. The molecule has 0 unspecified atom stereocenters. The van der Waals surface area contributed by atoms with Gasteiger partial charge in [0.2, 0.25) is 11.8 Å². The molecular weight excluding hydrogens is 976 g/mol. The summed E-state index contributed by atoms with van der Waals surface area (Å²) in [6.45, 7) is 4.58. The Kier molecular flexibility index (Phi) is 18.3. The number of carbonyl (C=O) groups is 6. The van der Waals surface area contributed by atoms with E-state index in [-0.39, 0.29) is 54.2 Å². The molecule has 3 saturated heterocycles. The van der Waals surface area contributed by atoms with Gasteiger partial charge in [0.15, 0.2) is 12.6 Å². The number of urea groups is 2. The lowest BCUT2D eigenvalue weighted by molar-refractivity contribution is -0.136. The van der Waals surface area contributed by atoms with Gasteiger partial charge in [-0.3, -0.25) is 19.2 Å². The molecule has 0 aromatic heterocycles. The lowest BCUT2D eigenvalue weighted by Crippen LogP contribution is -2.57. The zero-order chi connectivity index (χ0) is 48.2. The molecule has 3 fully saturated rings. The third kappa shape index (κ3) is 13.4. The number of benzene rings is 4. The Labute approximate surface area is 411 Å². The van der Waals surface area contributed by atoms with Gasteiger partial charge in [0.1, 0.15) is 23.7 Å². The smallest absolute Gasteiger partial charge is 0.318 e. The average molecular weight is 1020 g/mol. The monoisotopic (exact) mass is 1020 g/mol. The van der Waals surface area contributed by atoms with E-state index in [1.54, 1.807) is 63.2 Å². The molecule has 0 saturated carbocycles. The van der Waals surface area contributed by atoms with Gasteiger partial charge in [-0.2, -0.15) is 0 Å². The molecule has 2 atom stereocenters. The molecule has 7 rings (SSSR count). The summed E-state index contributed by atoms with van der Waals surface area (Å²) in [7, 11) is 0. The fourth-order valence-electron chi connectivity index (χ4n) is 8.07. The molecule has 6 amide bonds. The molecule has 356 valence electrons. The van der Waals surface area contributed by atoms with Gasteiger partial charge < -0.3 is 40.4 Å². The lowest BCUT2D eigenvalue weighted by atomic mass is 10.0. The minimum Gasteiger partial charge on any atom is -0.367 e. The van der Waals surface area contributed by atoms with Crippen molar-refractivity contribution >= 4 is 106 Å². The van der Waals surface area contributed by atoms with E-state index < -0.39 is 29.7 Å². The van der Waals surface area contributed by atoms with Crippen LogP contribution in [0.1, 0.15) is 31.8 Å². The predicted octanol–water partition coefficient (Wildman–Crippen LogP) is 6.97. The topological polar surface area (TPSA) is 155 Å². The van der Waals surface area contributed by atoms with Crippen LogP contribution in [0.2, 0.25) is 20.1 Å². The first-order chi connectivity index (χ1) is 32.2. The number of piperazine rings is 2. The molecule has 0 spiro atoms. The van der Waals surface area contributed by atoms with Crippen molar-refractivity contribution in [1.82, 2.24) is 30.7 Å². The SMILES string of the molecule is O=Cc1cc(F)ccc1N1CCN(C(=O)[C@@H](Cc2ccc(Cl)cc2Cl)N2CCNC2=O)CC1.O=Cc1cc(F)ccc1N1CCN(C(=O)[C@@H](Cc2ccc(Cl)cc2Cl)NC(=O)NCCCl)CC1. The van der Waals surface area contributed by atoms with E-state index in [0.29, 0.717) is 115 Å². The molecule has 0 bridgehead atoms. The third-order valence-corrected chi connectivity index (χ3v) is 12.9. The minimum absolute atomic E-state index is 0.160. The minimum atomic E-state index is -0.864. The molecule has 67 heavy (non-hydrogen) atoms. The van der Waals surface area contributed by atoms with Crippen molar-refractivity contribution in [3.8, 4) is 0 Å². The van der Waals surface area contributed by atoms with Gasteiger partial charge >= 0.3 is 12.1 Å². The van der Waals surface area contributed by atoms with Crippen LogP contribution in [0.5, 0.6) is 0 Å². The van der Waals surface area contributed by atoms with Gasteiger partial charge in [0.05, 0.1) is 0 Å². The van der Waals surface area contributed by atoms with E-state index in [4.69, 9.17) is 58.0 Å². The summed E-state index contributed by atoms with van der Waals surface area (Å²) in [6, 6.07) is 15.9. The Morgan fingerprint density at radius 2 is 1.15 bits per heavy atom. The summed E-state index contributed by atoms with van der Waals surface area (Å²) >= 11 is 30.2. The fourth-order valence-corrected chi connectivity index (χ4v) is 9.14. The third-order valence-electron chi connectivity index (χ3n) is 11.5. The van der Waals surface area contributed by atoms with Crippen LogP contribution in [0.3, 0.4) is 0 Å². The van der Waals surface area contributed by atoms with Crippen molar-refractivity contribution in [2.24, 2.45) is 0 Å². The normalized spacial score (nSPS) is 15.8. The number of nitrogens with one attached hydrogen (secondary N) is 3.